The Morgan fingerprint density at radius 2 is 1.03 bits per heavy atom. The van der Waals surface area contributed by atoms with Gasteiger partial charge in [0.1, 0.15) is 6.17 Å². The Hall–Kier alpha value is -9.10. The minimum Gasteiger partial charge on any atom is -0.366 e. The van der Waals surface area contributed by atoms with Crippen molar-refractivity contribution in [1.29, 1.82) is 0 Å². The van der Waals surface area contributed by atoms with Crippen LogP contribution in [0.25, 0.3) is 72.7 Å². The highest BCUT2D eigenvalue weighted by molar-refractivity contribution is 6.10. The molecule has 0 amide bonds. The Labute approximate surface area is 431 Å². The molecule has 4 heterocycles. The lowest BCUT2D eigenvalue weighted by atomic mass is 9.81. The van der Waals surface area contributed by atoms with Crippen molar-refractivity contribution in [2.75, 3.05) is 4.90 Å². The zero-order valence-corrected chi connectivity index (χ0v) is 40.8. The number of aromatic nitrogens is 3. The normalized spacial score (nSPS) is 18.1. The van der Waals surface area contributed by atoms with Crippen molar-refractivity contribution in [1.82, 2.24) is 25.2 Å². The van der Waals surface area contributed by atoms with Crippen LogP contribution in [-0.4, -0.2) is 20.6 Å². The molecule has 9 aromatic carbocycles. The molecule has 11 aromatic rings. The second-order valence-corrected chi connectivity index (χ2v) is 19.7. The summed E-state index contributed by atoms with van der Waals surface area (Å²) in [6, 6.07) is 87.6. The van der Waals surface area contributed by atoms with Gasteiger partial charge in [-0.2, -0.15) is 0 Å². The van der Waals surface area contributed by atoms with Gasteiger partial charge >= 0.3 is 0 Å². The van der Waals surface area contributed by atoms with Gasteiger partial charge in [-0.1, -0.05) is 194 Å². The quantitative estimate of drug-likeness (QED) is 0.151. The van der Waals surface area contributed by atoms with Gasteiger partial charge in [0.05, 0.1) is 28.5 Å². The fourth-order valence-electron chi connectivity index (χ4n) is 11.8. The summed E-state index contributed by atoms with van der Waals surface area (Å²) < 4.78 is 2.43. The number of benzene rings is 9. The Kier molecular flexibility index (Phi) is 10.9. The van der Waals surface area contributed by atoms with Crippen LogP contribution in [0.15, 0.2) is 255 Å². The highest BCUT2D eigenvalue weighted by atomic mass is 15.2. The van der Waals surface area contributed by atoms with E-state index in [4.69, 9.17) is 9.97 Å². The molecule has 2 aliphatic heterocycles. The van der Waals surface area contributed by atoms with Gasteiger partial charge in [0.2, 0.25) is 0 Å². The molecule has 6 heteroatoms. The van der Waals surface area contributed by atoms with Gasteiger partial charge in [-0.05, 0) is 107 Å². The zero-order chi connectivity index (χ0) is 49.0. The molecule has 0 bridgehead atoms. The zero-order valence-electron chi connectivity index (χ0n) is 40.8. The summed E-state index contributed by atoms with van der Waals surface area (Å²) in [4.78, 5) is 12.7. The average molecular weight is 953 g/mol. The summed E-state index contributed by atoms with van der Waals surface area (Å²) in [7, 11) is 0. The number of nitrogens with zero attached hydrogens (tertiary/aromatic N) is 4. The smallest absolute Gasteiger partial charge is 0.160 e. The summed E-state index contributed by atoms with van der Waals surface area (Å²) in [6.07, 6.45) is 6.91. The Morgan fingerprint density at radius 1 is 0.446 bits per heavy atom. The number of para-hydroxylation sites is 2. The molecular weight excluding hydrogens is 901 g/mol. The second kappa shape index (κ2) is 18.5. The number of fused-ring (bicyclic) bond motifs is 6. The monoisotopic (exact) mass is 952 g/mol. The third-order valence-corrected chi connectivity index (χ3v) is 15.4. The van der Waals surface area contributed by atoms with Crippen molar-refractivity contribution in [3.63, 3.8) is 0 Å². The predicted molar refractivity (Wildman–Crippen MR) is 304 cm³/mol. The third kappa shape index (κ3) is 7.88. The molecule has 0 fully saturated rings. The number of hydrogen-bond donors (Lipinski definition) is 2. The topological polar surface area (TPSA) is 58.0 Å². The molecule has 2 aromatic heterocycles. The summed E-state index contributed by atoms with van der Waals surface area (Å²) in [6.45, 7) is 0. The predicted octanol–water partition coefficient (Wildman–Crippen LogP) is 16.0. The van der Waals surface area contributed by atoms with Crippen molar-refractivity contribution >= 4 is 44.5 Å². The van der Waals surface area contributed by atoms with Gasteiger partial charge in [0, 0.05) is 62.2 Å². The minimum absolute atomic E-state index is 0.0287. The molecule has 0 saturated carbocycles. The van der Waals surface area contributed by atoms with Gasteiger partial charge < -0.3 is 14.8 Å². The van der Waals surface area contributed by atoms with Crippen molar-refractivity contribution in [2.24, 2.45) is 0 Å². The number of allylic oxidation sites excluding steroid dienone is 1. The Morgan fingerprint density at radius 3 is 1.77 bits per heavy atom. The number of hydrogen-bond acceptors (Lipinski definition) is 5. The first-order valence-electron chi connectivity index (χ1n) is 25.8. The van der Waals surface area contributed by atoms with Crippen LogP contribution in [0.3, 0.4) is 0 Å². The van der Waals surface area contributed by atoms with E-state index in [-0.39, 0.29) is 18.1 Å². The number of anilines is 2. The van der Waals surface area contributed by atoms with Crippen LogP contribution in [0, 0.1) is 0 Å². The SMILES string of the molecule is C1=C(c2ccc3c(c2)c2ccccc2n3-c2ccc(C3=CC(c4ccccc4)NC(c4ccccc4)N3)cc2)CCC2C1c1ccccc1N2c1ccc(-c2cc(-c3ccccc3)nc(-c3ccccc3)n2)cc1. The molecule has 2 N–H and O–H groups in total. The van der Waals surface area contributed by atoms with E-state index in [2.05, 4.69) is 251 Å². The van der Waals surface area contributed by atoms with Crippen LogP contribution in [-0.2, 0) is 0 Å². The maximum Gasteiger partial charge on any atom is 0.160 e. The van der Waals surface area contributed by atoms with E-state index in [0.717, 1.165) is 63.7 Å². The summed E-state index contributed by atoms with van der Waals surface area (Å²) in [5.41, 5.74) is 19.8. The highest BCUT2D eigenvalue weighted by Gasteiger charge is 2.40. The largest absolute Gasteiger partial charge is 0.366 e. The minimum atomic E-state index is -0.0287. The lowest BCUT2D eigenvalue weighted by Gasteiger charge is -2.33. The molecule has 0 radical (unpaired) electrons. The summed E-state index contributed by atoms with van der Waals surface area (Å²) in [5.74, 6) is 0.992. The van der Waals surface area contributed by atoms with Crippen LogP contribution < -0.4 is 15.5 Å². The molecule has 4 atom stereocenters. The van der Waals surface area contributed by atoms with Crippen LogP contribution in [0.1, 0.15) is 58.8 Å². The first kappa shape index (κ1) is 43.7. The molecule has 14 rings (SSSR count). The van der Waals surface area contributed by atoms with E-state index in [9.17, 15) is 0 Å². The molecule has 354 valence electrons. The fourth-order valence-corrected chi connectivity index (χ4v) is 11.8. The van der Waals surface area contributed by atoms with Crippen LogP contribution in [0.2, 0.25) is 0 Å². The standard InChI is InChI=1S/C68H52N6/c1-5-17-45(18-6-1)59-43-61(71-67(69-59)49-21-9-3-10-22-49)47-29-35-53(36-30-47)73-63-27-15-13-25-55(63)57-41-51(33-39-65(57)73)52-34-40-66-58(42-52)56-26-14-16-28-64(56)74(66)54-37-31-48(32-38-54)62-44-60(46-19-7-2-8-20-46)70-68(72-62)50-23-11-4-12-24-50/h1-33,35-39,41-44,58-59,66-67,69,71H,34,40H2. The van der Waals surface area contributed by atoms with Crippen molar-refractivity contribution in [3.8, 4) is 39.6 Å². The van der Waals surface area contributed by atoms with E-state index in [1.165, 1.54) is 61.0 Å². The van der Waals surface area contributed by atoms with Crippen molar-refractivity contribution in [3.05, 3.63) is 283 Å². The van der Waals surface area contributed by atoms with E-state index in [1.807, 2.05) is 24.3 Å². The van der Waals surface area contributed by atoms with Gasteiger partial charge in [-0.25, -0.2) is 9.97 Å². The molecular formula is C68H52N6. The van der Waals surface area contributed by atoms with Gasteiger partial charge in [0.15, 0.2) is 5.82 Å². The lowest BCUT2D eigenvalue weighted by molar-refractivity contribution is 0.442. The van der Waals surface area contributed by atoms with Crippen molar-refractivity contribution in [2.45, 2.75) is 37.0 Å². The van der Waals surface area contributed by atoms with Gasteiger partial charge in [0.25, 0.3) is 0 Å². The first-order valence-corrected chi connectivity index (χ1v) is 25.8. The maximum absolute atomic E-state index is 5.12. The summed E-state index contributed by atoms with van der Waals surface area (Å²) >= 11 is 0. The van der Waals surface area contributed by atoms with Crippen LogP contribution >= 0.6 is 0 Å². The Bertz CT molecular complexity index is 3840. The molecule has 0 saturated heterocycles. The number of rotatable bonds is 9. The van der Waals surface area contributed by atoms with E-state index in [1.54, 1.807) is 0 Å². The second-order valence-electron chi connectivity index (χ2n) is 19.7. The van der Waals surface area contributed by atoms with Crippen molar-refractivity contribution < 1.29 is 0 Å². The van der Waals surface area contributed by atoms with Gasteiger partial charge in [-0.3, -0.25) is 5.32 Å². The molecule has 1 aliphatic carbocycles. The average Bonchev–Trinajstić information content (AvgIpc) is 4.02. The molecule has 6 nitrogen and oxygen atoms in total. The fraction of sp³-hybridized carbons (Fsp3) is 0.0882. The number of nitrogens with one attached hydrogen (secondary N) is 2. The van der Waals surface area contributed by atoms with Crippen LogP contribution in [0.4, 0.5) is 11.4 Å². The first-order chi connectivity index (χ1) is 36.7. The van der Waals surface area contributed by atoms with E-state index in [0.29, 0.717) is 6.04 Å². The highest BCUT2D eigenvalue weighted by Crippen LogP contribution is 2.51. The molecule has 0 spiro atoms. The molecule has 74 heavy (non-hydrogen) atoms. The maximum atomic E-state index is 5.12. The lowest BCUT2D eigenvalue weighted by Crippen LogP contribution is -2.39. The van der Waals surface area contributed by atoms with E-state index >= 15 is 0 Å². The van der Waals surface area contributed by atoms with E-state index < -0.39 is 0 Å². The Balaban J connectivity index is 0.764. The molecule has 3 aliphatic rings. The van der Waals surface area contributed by atoms with Crippen LogP contribution in [0.5, 0.6) is 0 Å². The molecule has 4 unspecified atom stereocenters. The van der Waals surface area contributed by atoms with Gasteiger partial charge in [-0.15, -0.1) is 0 Å². The summed E-state index contributed by atoms with van der Waals surface area (Å²) in [5, 5.41) is 10.2. The third-order valence-electron chi connectivity index (χ3n) is 15.4.